The van der Waals surface area contributed by atoms with Gasteiger partial charge in [-0.25, -0.2) is 35.8 Å². The smallest absolute Gasteiger partial charge is 0.274 e. The summed E-state index contributed by atoms with van der Waals surface area (Å²) >= 11 is 0. The molecule has 3 aromatic carbocycles. The molecule has 0 unspecified atom stereocenters. The number of anilines is 1. The summed E-state index contributed by atoms with van der Waals surface area (Å²) in [7, 11) is -6.50. The first-order valence-electron chi connectivity index (χ1n) is 11.4. The molecule has 0 aliphatic heterocycles. The van der Waals surface area contributed by atoms with Gasteiger partial charge in [0.15, 0.2) is 0 Å². The van der Waals surface area contributed by atoms with Crippen LogP contribution in [-0.2, 0) is 32.3 Å². The van der Waals surface area contributed by atoms with Crippen LogP contribution in [-0.4, -0.2) is 39.6 Å². The minimum absolute atomic E-state index is 0.0477. The van der Waals surface area contributed by atoms with E-state index in [0.717, 1.165) is 11.6 Å². The Morgan fingerprint density at radius 2 is 1.74 bits per heavy atom. The topological polar surface area (TPSA) is 179 Å². The Bertz CT molecular complexity index is 1770. The second-order valence-corrected chi connectivity index (χ2v) is 11.9. The third-order valence-corrected chi connectivity index (χ3v) is 8.02. The third-order valence-electron chi connectivity index (χ3n) is 5.75. The Hall–Kier alpha value is -3.95. The number of carbonyl (C=O) groups excluding carboxylic acids is 1. The first kappa shape index (κ1) is 28.1. The van der Waals surface area contributed by atoms with Crippen LogP contribution in [0.1, 0.15) is 21.7 Å². The zero-order valence-electron chi connectivity index (χ0n) is 20.6. The van der Waals surface area contributed by atoms with E-state index in [1.165, 1.54) is 48.1 Å². The highest BCUT2D eigenvalue weighted by Gasteiger charge is 2.22. The lowest BCUT2D eigenvalue weighted by Crippen LogP contribution is -2.20. The molecule has 0 saturated carbocycles. The minimum atomic E-state index is -4.07. The van der Waals surface area contributed by atoms with E-state index in [1.807, 2.05) is 0 Å². The molecule has 4 rings (SSSR count). The fourth-order valence-corrected chi connectivity index (χ4v) is 5.30. The summed E-state index contributed by atoms with van der Waals surface area (Å²) in [6.45, 7) is 0.226. The molecule has 0 bridgehead atoms. The lowest BCUT2D eigenvalue weighted by molar-refractivity contribution is 0.101. The van der Waals surface area contributed by atoms with E-state index in [1.54, 1.807) is 30.3 Å². The molecule has 1 heterocycles. The maximum atomic E-state index is 15.1. The standard InChI is InChI=1S/C25H25FN6O5S2/c1-29-38(34,35)15-18-13-23(32(31-18)19-6-4-5-16(11-19)14-27)25(33)30-22-10-9-17(12-21(22)26)20-7-2-3-8-24(20)39(28,36)37/h2-13,29H,14-15,27H2,1H3,(H,30,33)(H2,28,36,37). The van der Waals surface area contributed by atoms with E-state index in [4.69, 9.17) is 10.9 Å². The molecule has 0 aliphatic rings. The summed E-state index contributed by atoms with van der Waals surface area (Å²) in [4.78, 5) is 13.1. The van der Waals surface area contributed by atoms with E-state index >= 15 is 4.39 Å². The van der Waals surface area contributed by atoms with Crippen LogP contribution < -0.4 is 20.9 Å². The normalized spacial score (nSPS) is 11.9. The molecule has 0 radical (unpaired) electrons. The van der Waals surface area contributed by atoms with E-state index in [0.29, 0.717) is 5.69 Å². The Balaban J connectivity index is 1.70. The second kappa shape index (κ2) is 11.0. The number of halogens is 1. The molecule has 0 saturated heterocycles. The van der Waals surface area contributed by atoms with Gasteiger partial charge in [-0.1, -0.05) is 36.4 Å². The number of amides is 1. The Kier molecular flexibility index (Phi) is 7.94. The van der Waals surface area contributed by atoms with Crippen molar-refractivity contribution < 1.29 is 26.0 Å². The first-order chi connectivity index (χ1) is 18.4. The van der Waals surface area contributed by atoms with Crippen LogP contribution in [0, 0.1) is 5.82 Å². The van der Waals surface area contributed by atoms with Gasteiger partial charge in [-0.2, -0.15) is 5.10 Å². The number of nitrogens with zero attached hydrogens (tertiary/aromatic N) is 2. The molecule has 0 fully saturated rings. The highest BCUT2D eigenvalue weighted by Crippen LogP contribution is 2.29. The molecule has 11 nitrogen and oxygen atoms in total. The van der Waals surface area contributed by atoms with Crippen molar-refractivity contribution in [3.8, 4) is 16.8 Å². The largest absolute Gasteiger partial charge is 0.326 e. The van der Waals surface area contributed by atoms with Crippen molar-refractivity contribution in [2.24, 2.45) is 10.9 Å². The highest BCUT2D eigenvalue weighted by molar-refractivity contribution is 7.89. The van der Waals surface area contributed by atoms with E-state index in [9.17, 15) is 21.6 Å². The average Bonchev–Trinajstić information content (AvgIpc) is 3.32. The number of nitrogens with one attached hydrogen (secondary N) is 2. The molecule has 1 amide bonds. The number of rotatable bonds is 9. The monoisotopic (exact) mass is 572 g/mol. The SMILES string of the molecule is CNS(=O)(=O)Cc1cc(C(=O)Nc2ccc(-c3ccccc3S(N)(=O)=O)cc2F)n(-c2cccc(CN)c2)n1. The second-order valence-electron chi connectivity index (χ2n) is 8.46. The van der Waals surface area contributed by atoms with Crippen molar-refractivity contribution in [1.29, 1.82) is 0 Å². The Morgan fingerprint density at radius 1 is 1.00 bits per heavy atom. The number of sulfonamides is 2. The van der Waals surface area contributed by atoms with Crippen molar-refractivity contribution in [1.82, 2.24) is 14.5 Å². The summed E-state index contributed by atoms with van der Waals surface area (Å²) in [6, 6.07) is 17.8. The predicted molar refractivity (Wildman–Crippen MR) is 144 cm³/mol. The number of nitrogens with two attached hydrogens (primary N) is 2. The maximum absolute atomic E-state index is 15.1. The molecule has 6 N–H and O–H groups in total. The van der Waals surface area contributed by atoms with Crippen LogP contribution in [0.3, 0.4) is 0 Å². The fraction of sp³-hybridized carbons (Fsp3) is 0.120. The van der Waals surface area contributed by atoms with Gasteiger partial charge in [-0.3, -0.25) is 4.79 Å². The number of carbonyl (C=O) groups is 1. The molecule has 39 heavy (non-hydrogen) atoms. The van der Waals surface area contributed by atoms with Crippen LogP contribution in [0.4, 0.5) is 10.1 Å². The maximum Gasteiger partial charge on any atom is 0.274 e. The van der Waals surface area contributed by atoms with Crippen LogP contribution in [0.2, 0.25) is 0 Å². The molecular formula is C25H25FN6O5S2. The molecule has 0 atom stereocenters. The van der Waals surface area contributed by atoms with Gasteiger partial charge in [0.25, 0.3) is 5.91 Å². The van der Waals surface area contributed by atoms with Crippen molar-refractivity contribution in [2.45, 2.75) is 17.2 Å². The zero-order valence-corrected chi connectivity index (χ0v) is 22.3. The van der Waals surface area contributed by atoms with Gasteiger partial charge in [0.05, 0.1) is 22.0 Å². The van der Waals surface area contributed by atoms with Crippen molar-refractivity contribution in [3.05, 3.63) is 95.6 Å². The van der Waals surface area contributed by atoms with Gasteiger partial charge >= 0.3 is 0 Å². The van der Waals surface area contributed by atoms with Crippen LogP contribution in [0.15, 0.2) is 77.7 Å². The van der Waals surface area contributed by atoms with Gasteiger partial charge in [-0.05, 0) is 54.6 Å². The number of benzene rings is 3. The van der Waals surface area contributed by atoms with E-state index in [-0.39, 0.29) is 39.6 Å². The average molecular weight is 573 g/mol. The number of hydrogen-bond acceptors (Lipinski definition) is 7. The summed E-state index contributed by atoms with van der Waals surface area (Å²) in [5.74, 6) is -2.08. The lowest BCUT2D eigenvalue weighted by Gasteiger charge is -2.12. The molecule has 1 aromatic heterocycles. The van der Waals surface area contributed by atoms with Gasteiger partial charge in [0, 0.05) is 12.1 Å². The van der Waals surface area contributed by atoms with Crippen molar-refractivity contribution in [3.63, 3.8) is 0 Å². The van der Waals surface area contributed by atoms with Gasteiger partial charge in [-0.15, -0.1) is 0 Å². The Labute approximate surface area is 224 Å². The predicted octanol–water partition coefficient (Wildman–Crippen LogP) is 2.09. The molecule has 0 aliphatic carbocycles. The van der Waals surface area contributed by atoms with Crippen LogP contribution >= 0.6 is 0 Å². The summed E-state index contributed by atoms with van der Waals surface area (Å²) in [5.41, 5.74) is 7.21. The molecule has 4 aromatic rings. The molecule has 0 spiro atoms. The molecule has 204 valence electrons. The quantitative estimate of drug-likeness (QED) is 0.237. The minimum Gasteiger partial charge on any atom is -0.326 e. The first-order valence-corrected chi connectivity index (χ1v) is 14.6. The van der Waals surface area contributed by atoms with Gasteiger partial charge in [0.2, 0.25) is 20.0 Å². The molecule has 14 heteroatoms. The molecular weight excluding hydrogens is 547 g/mol. The summed E-state index contributed by atoms with van der Waals surface area (Å²) in [5, 5.41) is 12.1. The summed E-state index contributed by atoms with van der Waals surface area (Å²) < 4.78 is 66.7. The highest BCUT2D eigenvalue weighted by atomic mass is 32.2. The van der Waals surface area contributed by atoms with Crippen molar-refractivity contribution in [2.75, 3.05) is 12.4 Å². The number of aromatic nitrogens is 2. The Morgan fingerprint density at radius 3 is 2.41 bits per heavy atom. The fourth-order valence-electron chi connectivity index (χ4n) is 3.86. The number of hydrogen-bond donors (Lipinski definition) is 4. The van der Waals surface area contributed by atoms with E-state index < -0.39 is 37.5 Å². The van der Waals surface area contributed by atoms with Gasteiger partial charge < -0.3 is 11.1 Å². The van der Waals surface area contributed by atoms with Crippen molar-refractivity contribution >= 4 is 31.6 Å². The number of primary sulfonamides is 1. The summed E-state index contributed by atoms with van der Waals surface area (Å²) in [6.07, 6.45) is 0. The van der Waals surface area contributed by atoms with Gasteiger partial charge in [0.1, 0.15) is 17.3 Å². The van der Waals surface area contributed by atoms with E-state index in [2.05, 4.69) is 15.1 Å². The zero-order chi connectivity index (χ0) is 28.4. The van der Waals surface area contributed by atoms with Crippen LogP contribution in [0.25, 0.3) is 16.8 Å². The third kappa shape index (κ3) is 6.38. The van der Waals surface area contributed by atoms with Crippen LogP contribution in [0.5, 0.6) is 0 Å². The lowest BCUT2D eigenvalue weighted by atomic mass is 10.0.